The molecule has 3 aromatic rings. The molecule has 4 rings (SSSR count). The van der Waals surface area contributed by atoms with Gasteiger partial charge in [0.25, 0.3) is 0 Å². The second-order valence-corrected chi connectivity index (χ2v) is 7.92. The Morgan fingerprint density at radius 1 is 1.23 bits per heavy atom. The molecule has 0 aliphatic carbocycles. The van der Waals surface area contributed by atoms with E-state index in [-0.39, 0.29) is 11.5 Å². The highest BCUT2D eigenvalue weighted by Crippen LogP contribution is 2.29. The average molecular weight is 351 g/mol. The summed E-state index contributed by atoms with van der Waals surface area (Å²) in [5.74, 6) is 0.739. The first kappa shape index (κ1) is 17.2. The molecular weight excluding hydrogens is 326 g/mol. The van der Waals surface area contributed by atoms with Gasteiger partial charge in [-0.15, -0.1) is 0 Å². The number of benzene rings is 1. The van der Waals surface area contributed by atoms with Crippen LogP contribution in [0, 0.1) is 0 Å². The van der Waals surface area contributed by atoms with E-state index in [1.54, 1.807) is 6.26 Å². The number of hydrogen-bond donors (Lipinski definition) is 0. The van der Waals surface area contributed by atoms with E-state index >= 15 is 0 Å². The van der Waals surface area contributed by atoms with Crippen LogP contribution in [0.4, 0.5) is 0 Å². The molecule has 1 atom stereocenters. The number of para-hydroxylation sites is 1. The molecule has 26 heavy (non-hydrogen) atoms. The van der Waals surface area contributed by atoms with Crippen LogP contribution in [0.3, 0.4) is 0 Å². The largest absolute Gasteiger partial charge is 0.447 e. The quantitative estimate of drug-likeness (QED) is 0.711. The second-order valence-electron chi connectivity index (χ2n) is 7.92. The van der Waals surface area contributed by atoms with Gasteiger partial charge in [-0.25, -0.2) is 4.98 Å². The van der Waals surface area contributed by atoms with Crippen molar-refractivity contribution in [3.8, 4) is 0 Å². The fourth-order valence-electron chi connectivity index (χ4n) is 3.28. The van der Waals surface area contributed by atoms with Gasteiger partial charge in [-0.2, -0.15) is 0 Å². The highest BCUT2D eigenvalue weighted by atomic mass is 16.5. The lowest BCUT2D eigenvalue weighted by Crippen LogP contribution is -2.39. The maximum absolute atomic E-state index is 5.82. The summed E-state index contributed by atoms with van der Waals surface area (Å²) < 4.78 is 11.5. The molecule has 5 nitrogen and oxygen atoms in total. The predicted molar refractivity (Wildman–Crippen MR) is 101 cm³/mol. The van der Waals surface area contributed by atoms with Gasteiger partial charge < -0.3 is 9.15 Å². The number of nitrogens with zero attached hydrogens (tertiary/aromatic N) is 3. The van der Waals surface area contributed by atoms with Gasteiger partial charge in [-0.05, 0) is 17.7 Å². The minimum atomic E-state index is -0.0234. The van der Waals surface area contributed by atoms with E-state index in [1.165, 1.54) is 10.9 Å². The Bertz CT molecular complexity index is 897. The van der Waals surface area contributed by atoms with Crippen LogP contribution in [0.1, 0.15) is 44.0 Å². The van der Waals surface area contributed by atoms with Crippen molar-refractivity contribution in [3.63, 3.8) is 0 Å². The molecule has 0 spiro atoms. The van der Waals surface area contributed by atoms with Crippen LogP contribution in [0.2, 0.25) is 0 Å². The highest BCUT2D eigenvalue weighted by Gasteiger charge is 2.30. The third kappa shape index (κ3) is 3.50. The Labute approximate surface area is 154 Å². The average Bonchev–Trinajstić information content (AvgIpc) is 3.12. The molecule has 1 fully saturated rings. The number of fused-ring (bicyclic) bond motifs is 1. The van der Waals surface area contributed by atoms with E-state index in [1.807, 2.05) is 24.4 Å². The van der Waals surface area contributed by atoms with Gasteiger partial charge in [0.1, 0.15) is 12.3 Å². The van der Waals surface area contributed by atoms with Crippen LogP contribution < -0.4 is 0 Å². The summed E-state index contributed by atoms with van der Waals surface area (Å²) in [5.41, 5.74) is 3.17. The summed E-state index contributed by atoms with van der Waals surface area (Å²) in [6, 6.07) is 10.5. The first-order chi connectivity index (χ1) is 12.5. The lowest BCUT2D eigenvalue weighted by Gasteiger charge is -2.33. The van der Waals surface area contributed by atoms with Gasteiger partial charge in [-0.1, -0.05) is 39.0 Å². The van der Waals surface area contributed by atoms with Crippen molar-refractivity contribution in [2.45, 2.75) is 38.8 Å². The molecule has 0 amide bonds. The molecule has 0 unspecified atom stereocenters. The molecule has 136 valence electrons. The summed E-state index contributed by atoms with van der Waals surface area (Å²) in [6.07, 6.45) is 3.74. The van der Waals surface area contributed by atoms with Crippen LogP contribution in [-0.4, -0.2) is 34.6 Å². The molecule has 3 heterocycles. The van der Waals surface area contributed by atoms with Crippen molar-refractivity contribution in [2.24, 2.45) is 0 Å². The van der Waals surface area contributed by atoms with Crippen LogP contribution in [0.5, 0.6) is 0 Å². The molecule has 1 aromatic carbocycles. The molecular formula is C21H25N3O2. The first-order valence-corrected chi connectivity index (χ1v) is 9.12. The van der Waals surface area contributed by atoms with E-state index in [0.717, 1.165) is 36.8 Å². The fourth-order valence-corrected chi connectivity index (χ4v) is 3.28. The molecule has 1 aliphatic heterocycles. The van der Waals surface area contributed by atoms with E-state index in [0.29, 0.717) is 6.61 Å². The SMILES string of the molecule is CC(C)(C)c1coc([C@@H]2COCCN2Cc2cnc3ccccc3c2)n1. The molecule has 0 radical (unpaired) electrons. The number of oxazole rings is 1. The summed E-state index contributed by atoms with van der Waals surface area (Å²) in [7, 11) is 0. The molecule has 1 saturated heterocycles. The van der Waals surface area contributed by atoms with Crippen molar-refractivity contribution in [2.75, 3.05) is 19.8 Å². The lowest BCUT2D eigenvalue weighted by molar-refractivity contribution is -0.0223. The summed E-state index contributed by atoms with van der Waals surface area (Å²) in [4.78, 5) is 11.7. The molecule has 0 saturated carbocycles. The van der Waals surface area contributed by atoms with E-state index in [4.69, 9.17) is 14.1 Å². The van der Waals surface area contributed by atoms with Gasteiger partial charge in [0.2, 0.25) is 5.89 Å². The van der Waals surface area contributed by atoms with E-state index in [2.05, 4.69) is 42.8 Å². The van der Waals surface area contributed by atoms with Gasteiger partial charge in [0.05, 0.1) is 24.4 Å². The predicted octanol–water partition coefficient (Wildman–Crippen LogP) is 4.09. The van der Waals surface area contributed by atoms with Crippen molar-refractivity contribution < 1.29 is 9.15 Å². The van der Waals surface area contributed by atoms with Gasteiger partial charge in [0.15, 0.2) is 0 Å². The topological polar surface area (TPSA) is 51.4 Å². The highest BCUT2D eigenvalue weighted by molar-refractivity contribution is 5.78. The van der Waals surface area contributed by atoms with Crippen LogP contribution in [-0.2, 0) is 16.7 Å². The van der Waals surface area contributed by atoms with Gasteiger partial charge >= 0.3 is 0 Å². The second kappa shape index (κ2) is 6.82. The minimum absolute atomic E-state index is 0.0234. The first-order valence-electron chi connectivity index (χ1n) is 9.12. The standard InChI is InChI=1S/C21H25N3O2/c1-21(2,3)19-14-26-20(23-19)18-13-25-9-8-24(18)12-15-10-16-6-4-5-7-17(16)22-11-15/h4-7,10-11,14,18H,8-9,12-13H2,1-3H3/t18-/m0/s1. The lowest BCUT2D eigenvalue weighted by atomic mass is 9.93. The van der Waals surface area contributed by atoms with Crippen LogP contribution in [0.15, 0.2) is 47.2 Å². The normalized spacial score (nSPS) is 19.1. The summed E-state index contributed by atoms with van der Waals surface area (Å²) in [5, 5.41) is 1.17. The zero-order valence-electron chi connectivity index (χ0n) is 15.6. The van der Waals surface area contributed by atoms with Crippen molar-refractivity contribution in [1.82, 2.24) is 14.9 Å². The van der Waals surface area contributed by atoms with Gasteiger partial charge in [-0.3, -0.25) is 9.88 Å². The van der Waals surface area contributed by atoms with E-state index in [9.17, 15) is 0 Å². The number of pyridine rings is 1. The number of aromatic nitrogens is 2. The number of ether oxygens (including phenoxy) is 1. The molecule has 5 heteroatoms. The zero-order chi connectivity index (χ0) is 18.1. The smallest absolute Gasteiger partial charge is 0.214 e. The maximum atomic E-state index is 5.82. The van der Waals surface area contributed by atoms with E-state index < -0.39 is 0 Å². The Morgan fingerprint density at radius 3 is 2.88 bits per heavy atom. The number of rotatable bonds is 3. The van der Waals surface area contributed by atoms with Gasteiger partial charge in [0, 0.05) is 30.1 Å². The summed E-state index contributed by atoms with van der Waals surface area (Å²) >= 11 is 0. The van der Waals surface area contributed by atoms with Crippen LogP contribution >= 0.6 is 0 Å². The molecule has 2 aromatic heterocycles. The third-order valence-electron chi connectivity index (χ3n) is 4.85. The van der Waals surface area contributed by atoms with Crippen molar-refractivity contribution >= 4 is 10.9 Å². The fraction of sp³-hybridized carbons (Fsp3) is 0.429. The van der Waals surface area contributed by atoms with Crippen LogP contribution in [0.25, 0.3) is 10.9 Å². The zero-order valence-corrected chi connectivity index (χ0v) is 15.6. The number of hydrogen-bond acceptors (Lipinski definition) is 5. The third-order valence-corrected chi connectivity index (χ3v) is 4.85. The maximum Gasteiger partial charge on any atom is 0.214 e. The van der Waals surface area contributed by atoms with Crippen molar-refractivity contribution in [3.05, 3.63) is 59.9 Å². The monoisotopic (exact) mass is 351 g/mol. The Hall–Kier alpha value is -2.24. The molecule has 0 bridgehead atoms. The Balaban J connectivity index is 1.57. The Kier molecular flexibility index (Phi) is 4.51. The van der Waals surface area contributed by atoms with Crippen molar-refractivity contribution in [1.29, 1.82) is 0 Å². The number of morpholine rings is 1. The summed E-state index contributed by atoms with van der Waals surface area (Å²) in [6.45, 7) is 9.42. The minimum Gasteiger partial charge on any atom is -0.447 e. The molecule has 0 N–H and O–H groups in total. The Morgan fingerprint density at radius 2 is 2.08 bits per heavy atom. The molecule has 1 aliphatic rings.